The minimum Gasteiger partial charge on any atom is -0.345 e. The van der Waals surface area contributed by atoms with Crippen LogP contribution in [-0.4, -0.2) is 7.05 Å². The monoisotopic (exact) mass is 569 g/mol. The second kappa shape index (κ2) is 13.2. The predicted molar refractivity (Wildman–Crippen MR) is 189 cm³/mol. The van der Waals surface area contributed by atoms with Crippen molar-refractivity contribution in [3.8, 4) is 11.1 Å². The topological polar surface area (TPSA) is 7.68 Å². The molecule has 0 saturated carbocycles. The van der Waals surface area contributed by atoms with Crippen molar-refractivity contribution in [3.05, 3.63) is 188 Å². The summed E-state index contributed by atoms with van der Waals surface area (Å²) >= 11 is 0. The molecule has 0 fully saturated rings. The first kappa shape index (κ1) is 28.7. The molecule has 0 aliphatic rings. The fraction of sp³-hybridized carbons (Fsp3) is 0.0476. The van der Waals surface area contributed by atoms with Gasteiger partial charge < -0.3 is 4.90 Å². The van der Waals surface area contributed by atoms with Gasteiger partial charge in [0, 0.05) is 48.8 Å². The van der Waals surface area contributed by atoms with Gasteiger partial charge in [0.25, 0.3) is 0 Å². The van der Waals surface area contributed by atoms with E-state index in [0.717, 1.165) is 28.2 Å². The van der Waals surface area contributed by atoms with E-state index < -0.39 is 0 Å². The van der Waals surface area contributed by atoms with Gasteiger partial charge in [0.15, 0.2) is 0 Å². The van der Waals surface area contributed by atoms with Crippen LogP contribution < -0.4 is 9.80 Å². The second-order valence-corrected chi connectivity index (χ2v) is 10.9. The highest BCUT2D eigenvalue weighted by Crippen LogP contribution is 2.29. The lowest BCUT2D eigenvalue weighted by Gasteiger charge is -2.23. The Bertz CT molecular complexity index is 1930. The molecule has 0 aliphatic carbocycles. The molecule has 6 aromatic carbocycles. The van der Waals surface area contributed by atoms with Gasteiger partial charge in [0.05, 0.1) is 0 Å². The maximum absolute atomic E-state index is 4.33. The second-order valence-electron chi connectivity index (χ2n) is 10.9. The van der Waals surface area contributed by atoms with Crippen LogP contribution in [0.4, 0.5) is 22.7 Å². The molecule has 0 radical (unpaired) electrons. The number of benzene rings is 6. The zero-order chi connectivity index (χ0) is 30.3. The molecule has 6 aromatic rings. The molecule has 0 bridgehead atoms. The van der Waals surface area contributed by atoms with Crippen LogP contribution >= 0.6 is 0 Å². The van der Waals surface area contributed by atoms with Crippen LogP contribution in [0.25, 0.3) is 27.5 Å². The number of rotatable bonds is 9. The molecular formula is C42H37N2+. The third-order valence-electron chi connectivity index (χ3n) is 8.13. The van der Waals surface area contributed by atoms with Gasteiger partial charge in [-0.25, -0.2) is 4.90 Å². The molecular weight excluding hydrogens is 532 g/mol. The van der Waals surface area contributed by atoms with Crippen molar-refractivity contribution in [1.29, 1.82) is 0 Å². The molecule has 6 rings (SSSR count). The van der Waals surface area contributed by atoms with Crippen LogP contribution in [0.5, 0.6) is 0 Å². The number of nitrogens with zero attached hydrogens (tertiary/aromatic N) is 1. The third kappa shape index (κ3) is 6.32. The Labute approximate surface area is 261 Å². The Kier molecular flexibility index (Phi) is 8.63. The van der Waals surface area contributed by atoms with E-state index in [9.17, 15) is 0 Å². The predicted octanol–water partition coefficient (Wildman–Crippen LogP) is 10.3. The van der Waals surface area contributed by atoms with Gasteiger partial charge in [0.1, 0.15) is 17.1 Å². The summed E-state index contributed by atoms with van der Waals surface area (Å²) in [5, 5.41) is 2.46. The lowest BCUT2D eigenvalue weighted by Crippen LogP contribution is -3.00. The van der Waals surface area contributed by atoms with E-state index in [1.807, 2.05) is 18.2 Å². The molecule has 0 heterocycles. The lowest BCUT2D eigenvalue weighted by molar-refractivity contribution is -0.710. The number of hydrogen-bond acceptors (Lipinski definition) is 1. The highest BCUT2D eigenvalue weighted by Gasteiger charge is 2.20. The molecule has 44 heavy (non-hydrogen) atoms. The summed E-state index contributed by atoms with van der Waals surface area (Å²) in [5.74, 6) is 0. The van der Waals surface area contributed by atoms with Gasteiger partial charge in [-0.2, -0.15) is 0 Å². The number of hydrogen-bond donors (Lipinski definition) is 1. The Morgan fingerprint density at radius 2 is 1.20 bits per heavy atom. The zero-order valence-electron chi connectivity index (χ0n) is 25.3. The minimum absolute atomic E-state index is 0.984. The van der Waals surface area contributed by atoms with Crippen LogP contribution in [0.2, 0.25) is 0 Å². The minimum atomic E-state index is 0.984. The van der Waals surface area contributed by atoms with E-state index in [2.05, 4.69) is 177 Å². The summed E-state index contributed by atoms with van der Waals surface area (Å²) < 4.78 is 0. The van der Waals surface area contributed by atoms with Gasteiger partial charge in [-0.3, -0.25) is 0 Å². The van der Waals surface area contributed by atoms with E-state index in [0.29, 0.717) is 0 Å². The molecule has 2 nitrogen and oxygen atoms in total. The average Bonchev–Trinajstić information content (AvgIpc) is 3.10. The van der Waals surface area contributed by atoms with Crippen molar-refractivity contribution in [1.82, 2.24) is 0 Å². The summed E-state index contributed by atoms with van der Waals surface area (Å²) in [4.78, 5) is 3.43. The van der Waals surface area contributed by atoms with Crippen molar-refractivity contribution in [2.45, 2.75) is 6.92 Å². The lowest BCUT2D eigenvalue weighted by atomic mass is 10.0. The number of quaternary nitrogens is 1. The summed E-state index contributed by atoms with van der Waals surface area (Å²) in [6.07, 6.45) is 6.50. The first-order valence-corrected chi connectivity index (χ1v) is 15.1. The third-order valence-corrected chi connectivity index (χ3v) is 8.13. The summed E-state index contributed by atoms with van der Waals surface area (Å²) in [6.45, 7) is 6.44. The molecule has 0 spiro atoms. The van der Waals surface area contributed by atoms with Gasteiger partial charge in [0.2, 0.25) is 0 Å². The van der Waals surface area contributed by atoms with Crippen molar-refractivity contribution in [3.63, 3.8) is 0 Å². The molecule has 1 N–H and O–H groups in total. The van der Waals surface area contributed by atoms with Crippen molar-refractivity contribution < 1.29 is 4.90 Å². The Morgan fingerprint density at radius 3 is 1.93 bits per heavy atom. The van der Waals surface area contributed by atoms with Crippen LogP contribution in [0, 0.1) is 0 Å². The van der Waals surface area contributed by atoms with Crippen molar-refractivity contribution >= 4 is 39.1 Å². The highest BCUT2D eigenvalue weighted by molar-refractivity contribution is 5.84. The van der Waals surface area contributed by atoms with Crippen LogP contribution in [-0.2, 0) is 0 Å². The first-order valence-electron chi connectivity index (χ1n) is 15.1. The fourth-order valence-electron chi connectivity index (χ4n) is 5.63. The van der Waals surface area contributed by atoms with Gasteiger partial charge in [-0.15, -0.1) is 0 Å². The smallest absolute Gasteiger partial charge is 0.141 e. The summed E-state index contributed by atoms with van der Waals surface area (Å²) in [5.41, 5.74) is 10.3. The summed E-state index contributed by atoms with van der Waals surface area (Å²) in [7, 11) is 2.13. The molecule has 1 atom stereocenters. The van der Waals surface area contributed by atoms with E-state index >= 15 is 0 Å². The van der Waals surface area contributed by atoms with Crippen LogP contribution in [0.3, 0.4) is 0 Å². The quantitative estimate of drug-likeness (QED) is 0.170. The molecule has 0 saturated heterocycles. The maximum Gasteiger partial charge on any atom is 0.141 e. The summed E-state index contributed by atoms with van der Waals surface area (Å²) in [6, 6.07) is 53.7. The fourth-order valence-corrected chi connectivity index (χ4v) is 5.63. The maximum atomic E-state index is 4.33. The SMILES string of the molecule is C=C(/C=C\C(=C/C)[NH+](c1ccc(N(C)c2cccc(-c3ccccc3)c2)cc1)c1ccc2ccccc2c1)c1ccccc1. The molecule has 1 unspecified atom stereocenters. The number of nitrogens with one attached hydrogen (secondary N) is 1. The van der Waals surface area contributed by atoms with Crippen LogP contribution in [0.15, 0.2) is 182 Å². The Hall–Kier alpha value is -5.44. The highest BCUT2D eigenvalue weighted by atomic mass is 15.1. The van der Waals surface area contributed by atoms with Crippen LogP contribution in [0.1, 0.15) is 12.5 Å². The first-order chi connectivity index (χ1) is 21.6. The van der Waals surface area contributed by atoms with E-state index in [-0.39, 0.29) is 0 Å². The number of allylic oxidation sites excluding steroid dienone is 4. The van der Waals surface area contributed by atoms with E-state index in [1.54, 1.807) is 0 Å². The molecule has 214 valence electrons. The van der Waals surface area contributed by atoms with Gasteiger partial charge >= 0.3 is 0 Å². The normalized spacial score (nSPS) is 12.4. The number of fused-ring (bicyclic) bond motifs is 1. The van der Waals surface area contributed by atoms with Gasteiger partial charge in [-0.05, 0) is 82.4 Å². The molecule has 0 aromatic heterocycles. The molecule has 0 aliphatic heterocycles. The Balaban J connectivity index is 1.34. The molecule has 0 amide bonds. The standard InChI is InChI=1S/C42H36N2/c1-4-38(24-22-32(2)33-14-7-5-8-15-33)44(42-25-23-35-18-11-12-19-36(35)31-42)40-28-26-39(27-29-40)43(3)41-21-13-20-37(30-41)34-16-9-6-10-17-34/h4-31H,2H2,1,3H3/p+1/b24-22-,38-4+. The Morgan fingerprint density at radius 1 is 0.568 bits per heavy atom. The van der Waals surface area contributed by atoms with Crippen molar-refractivity contribution in [2.24, 2.45) is 0 Å². The van der Waals surface area contributed by atoms with E-state index in [4.69, 9.17) is 0 Å². The molecule has 2 heteroatoms. The average molecular weight is 570 g/mol. The van der Waals surface area contributed by atoms with Gasteiger partial charge in [-0.1, -0.05) is 104 Å². The van der Waals surface area contributed by atoms with Crippen molar-refractivity contribution in [2.75, 3.05) is 11.9 Å². The largest absolute Gasteiger partial charge is 0.345 e. The van der Waals surface area contributed by atoms with E-state index in [1.165, 1.54) is 38.2 Å². The zero-order valence-corrected chi connectivity index (χ0v) is 25.3. The number of anilines is 2.